The Kier molecular flexibility index (Phi) is 2.32. The van der Waals surface area contributed by atoms with Crippen LogP contribution in [0.1, 0.15) is 0 Å². The van der Waals surface area contributed by atoms with Crippen LogP contribution in [0.2, 0.25) is 0 Å². The molecule has 0 fully saturated rings. The summed E-state index contributed by atoms with van der Waals surface area (Å²) < 4.78 is 1.54. The number of hydrogen-bond donors (Lipinski definition) is 0. The first-order valence-corrected chi connectivity index (χ1v) is 8.97. The molecule has 0 amide bonds. The minimum atomic E-state index is 0.485. The number of rotatable bonds is 0. The molecule has 4 aromatic carbocycles. The number of hydrogen-bond acceptors (Lipinski definition) is 0. The van der Waals surface area contributed by atoms with Crippen LogP contribution in [0.4, 0.5) is 0 Å². The molecule has 0 nitrogen and oxygen atoms in total. The summed E-state index contributed by atoms with van der Waals surface area (Å²) in [6.45, 7) is 0. The van der Waals surface area contributed by atoms with E-state index in [-0.39, 0.29) is 0 Å². The van der Waals surface area contributed by atoms with E-state index in [1.54, 1.807) is 0 Å². The van der Waals surface area contributed by atoms with Gasteiger partial charge in [0.1, 0.15) is 0 Å². The van der Waals surface area contributed by atoms with Crippen molar-refractivity contribution in [1.29, 1.82) is 0 Å². The van der Waals surface area contributed by atoms with Crippen molar-refractivity contribution in [3.05, 3.63) is 71.7 Å². The number of benzene rings is 4. The molecule has 0 bridgehead atoms. The second kappa shape index (κ2) is 4.21. The second-order valence-electron chi connectivity index (χ2n) is 5.45. The Labute approximate surface area is 128 Å². The van der Waals surface area contributed by atoms with E-state index >= 15 is 0 Å². The molecule has 0 aliphatic heterocycles. The molecule has 21 heavy (non-hydrogen) atoms. The molecule has 0 radical (unpaired) electrons. The van der Waals surface area contributed by atoms with Crippen LogP contribution >= 0.6 is 0 Å². The van der Waals surface area contributed by atoms with Crippen molar-refractivity contribution < 1.29 is 0 Å². The van der Waals surface area contributed by atoms with Gasteiger partial charge >= 0.3 is 128 Å². The topological polar surface area (TPSA) is 0 Å². The van der Waals surface area contributed by atoms with Gasteiger partial charge in [-0.1, -0.05) is 0 Å². The Balaban J connectivity index is 2.07. The second-order valence-corrected chi connectivity index (χ2v) is 7.37. The summed E-state index contributed by atoms with van der Waals surface area (Å²) in [5.41, 5.74) is 0. The van der Waals surface area contributed by atoms with E-state index in [9.17, 15) is 0 Å². The van der Waals surface area contributed by atoms with Crippen LogP contribution in [0.3, 0.4) is 0 Å². The molecule has 0 saturated heterocycles. The summed E-state index contributed by atoms with van der Waals surface area (Å²) in [6, 6.07) is 24.6. The van der Waals surface area contributed by atoms with Gasteiger partial charge in [-0.25, -0.2) is 0 Å². The van der Waals surface area contributed by atoms with E-state index in [0.717, 1.165) is 0 Å². The summed E-state index contributed by atoms with van der Waals surface area (Å²) >= 11 is 0.485. The fourth-order valence-electron chi connectivity index (χ4n) is 3.33. The van der Waals surface area contributed by atoms with E-state index in [1.807, 2.05) is 0 Å². The predicted molar refractivity (Wildman–Crippen MR) is 93.4 cm³/mol. The minimum absolute atomic E-state index is 0.485. The summed E-state index contributed by atoms with van der Waals surface area (Å²) in [6.07, 6.45) is 0. The molecule has 0 N–H and O–H groups in total. The third-order valence-electron chi connectivity index (χ3n) is 4.34. The maximum absolute atomic E-state index is 2.32. The molecule has 98 valence electrons. The fourth-order valence-corrected chi connectivity index (χ4v) is 5.28. The quantitative estimate of drug-likeness (QED) is 0.265. The molecule has 5 aromatic rings. The van der Waals surface area contributed by atoms with Crippen molar-refractivity contribution in [1.82, 2.24) is 0 Å². The molecule has 1 heteroatoms. The van der Waals surface area contributed by atoms with Gasteiger partial charge < -0.3 is 0 Å². The fraction of sp³-hybridized carbons (Fsp3) is 0. The van der Waals surface area contributed by atoms with Crippen molar-refractivity contribution in [3.8, 4) is 0 Å². The van der Waals surface area contributed by atoms with Gasteiger partial charge in [0.25, 0.3) is 0 Å². The molecule has 0 spiro atoms. The molecule has 0 unspecified atom stereocenters. The van der Waals surface area contributed by atoms with Crippen molar-refractivity contribution >= 4 is 56.5 Å². The van der Waals surface area contributed by atoms with E-state index < -0.39 is 0 Å². The van der Waals surface area contributed by atoms with Gasteiger partial charge in [0.05, 0.1) is 0 Å². The van der Waals surface area contributed by atoms with Crippen molar-refractivity contribution in [3.63, 3.8) is 0 Å². The number of fused-ring (bicyclic) bond motifs is 7. The summed E-state index contributed by atoms with van der Waals surface area (Å²) in [5, 5.41) is 9.62. The third kappa shape index (κ3) is 1.56. The Hall–Kier alpha value is -2.08. The van der Waals surface area contributed by atoms with Gasteiger partial charge in [-0.05, 0) is 0 Å². The molecule has 0 atom stereocenters. The zero-order chi connectivity index (χ0) is 13.8. The van der Waals surface area contributed by atoms with E-state index in [4.69, 9.17) is 0 Å². The van der Waals surface area contributed by atoms with Gasteiger partial charge in [0, 0.05) is 0 Å². The van der Waals surface area contributed by atoms with E-state index in [1.165, 1.54) is 42.0 Å². The van der Waals surface area contributed by atoms with Crippen LogP contribution in [0.5, 0.6) is 0 Å². The molecule has 1 aromatic heterocycles. The zero-order valence-electron chi connectivity index (χ0n) is 11.3. The zero-order valence-corrected chi connectivity index (χ0v) is 13.0. The standard InChI is InChI=1S/C20H12Se/c1-2-4-15-13(3-1)5-7-17-16(15)9-10-19-18(17)8-6-14-11-12-21-20(14)19/h1-12H. The Bertz CT molecular complexity index is 1130. The Morgan fingerprint density at radius 1 is 0.476 bits per heavy atom. The normalized spacial score (nSPS) is 11.8. The van der Waals surface area contributed by atoms with Crippen molar-refractivity contribution in [2.45, 2.75) is 0 Å². The third-order valence-corrected chi connectivity index (χ3v) is 6.36. The monoisotopic (exact) mass is 332 g/mol. The maximum atomic E-state index is 2.32. The van der Waals surface area contributed by atoms with Gasteiger partial charge in [0.15, 0.2) is 0 Å². The SMILES string of the molecule is c1ccc2c(c1)ccc1c2ccc2c1ccc1cc[se]c12. The van der Waals surface area contributed by atoms with Crippen LogP contribution in [0, 0.1) is 0 Å². The van der Waals surface area contributed by atoms with Crippen LogP contribution in [0.15, 0.2) is 71.7 Å². The predicted octanol–water partition coefficient (Wildman–Crippen LogP) is 5.36. The summed E-state index contributed by atoms with van der Waals surface area (Å²) in [4.78, 5) is 2.32. The summed E-state index contributed by atoms with van der Waals surface area (Å²) in [5.74, 6) is 0. The van der Waals surface area contributed by atoms with Crippen molar-refractivity contribution in [2.24, 2.45) is 0 Å². The first-order valence-electron chi connectivity index (χ1n) is 7.12. The molecule has 1 heterocycles. The average molecular weight is 331 g/mol. The first-order chi connectivity index (χ1) is 10.4. The van der Waals surface area contributed by atoms with Gasteiger partial charge in [-0.15, -0.1) is 0 Å². The Morgan fingerprint density at radius 3 is 2.10 bits per heavy atom. The Morgan fingerprint density at radius 2 is 1.14 bits per heavy atom. The van der Waals surface area contributed by atoms with Crippen LogP contribution < -0.4 is 0 Å². The van der Waals surface area contributed by atoms with Gasteiger partial charge in [0.2, 0.25) is 0 Å². The van der Waals surface area contributed by atoms with Crippen LogP contribution in [-0.2, 0) is 0 Å². The van der Waals surface area contributed by atoms with Gasteiger partial charge in [-0.3, -0.25) is 0 Å². The molecule has 5 rings (SSSR count). The average Bonchev–Trinajstić information content (AvgIpc) is 3.03. The molecule has 0 aliphatic carbocycles. The van der Waals surface area contributed by atoms with Gasteiger partial charge in [-0.2, -0.15) is 0 Å². The molecular formula is C20H12Se. The van der Waals surface area contributed by atoms with Crippen LogP contribution in [-0.4, -0.2) is 14.5 Å². The van der Waals surface area contributed by atoms with Crippen LogP contribution in [0.25, 0.3) is 42.0 Å². The summed E-state index contributed by atoms with van der Waals surface area (Å²) in [7, 11) is 0. The van der Waals surface area contributed by atoms with E-state index in [0.29, 0.717) is 14.5 Å². The van der Waals surface area contributed by atoms with E-state index in [2.05, 4.69) is 71.7 Å². The first kappa shape index (κ1) is 11.6. The molecule has 0 aliphatic rings. The molecular weight excluding hydrogens is 319 g/mol. The molecule has 0 saturated carbocycles. The van der Waals surface area contributed by atoms with Crippen molar-refractivity contribution in [2.75, 3.05) is 0 Å².